The summed E-state index contributed by atoms with van der Waals surface area (Å²) < 4.78 is 12.7. The maximum atomic E-state index is 12.7. The molecule has 0 saturated heterocycles. The summed E-state index contributed by atoms with van der Waals surface area (Å²) in [6.07, 6.45) is 0. The van der Waals surface area contributed by atoms with Crippen LogP contribution in [-0.4, -0.2) is 5.78 Å². The second-order valence-corrected chi connectivity index (χ2v) is 4.21. The van der Waals surface area contributed by atoms with Crippen molar-refractivity contribution < 1.29 is 9.18 Å². The van der Waals surface area contributed by atoms with Crippen molar-refractivity contribution in [2.45, 2.75) is 6.92 Å². The van der Waals surface area contributed by atoms with Crippen molar-refractivity contribution >= 4 is 17.4 Å². The van der Waals surface area contributed by atoms with Crippen molar-refractivity contribution in [1.82, 2.24) is 0 Å². The van der Waals surface area contributed by atoms with Crippen LogP contribution in [0.1, 0.15) is 21.5 Å². The zero-order valence-corrected chi connectivity index (χ0v) is 9.96. The van der Waals surface area contributed by atoms with Crippen molar-refractivity contribution in [3.63, 3.8) is 0 Å². The lowest BCUT2D eigenvalue weighted by molar-refractivity contribution is 0.103. The Morgan fingerprint density at radius 2 is 1.65 bits per heavy atom. The number of ketones is 1. The van der Waals surface area contributed by atoms with Crippen molar-refractivity contribution in [3.8, 4) is 0 Å². The number of halogens is 2. The Hall–Kier alpha value is -1.67. The molecule has 3 heteroatoms. The zero-order chi connectivity index (χ0) is 12.4. The highest BCUT2D eigenvalue weighted by Crippen LogP contribution is 2.18. The molecule has 0 radical (unpaired) electrons. The van der Waals surface area contributed by atoms with E-state index in [2.05, 4.69) is 0 Å². The molecule has 0 aromatic heterocycles. The normalized spacial score (nSPS) is 10.3. The van der Waals surface area contributed by atoms with Gasteiger partial charge in [-0.05, 0) is 55.0 Å². The Morgan fingerprint density at radius 3 is 2.24 bits per heavy atom. The quantitative estimate of drug-likeness (QED) is 0.734. The van der Waals surface area contributed by atoms with E-state index in [0.29, 0.717) is 16.1 Å². The number of carbonyl (C=O) groups excluding carboxylic acids is 1. The fourth-order valence-corrected chi connectivity index (χ4v) is 1.67. The molecular weight excluding hydrogens is 239 g/mol. The molecule has 2 aromatic carbocycles. The predicted molar refractivity (Wildman–Crippen MR) is 66.0 cm³/mol. The molecule has 17 heavy (non-hydrogen) atoms. The van der Waals surface area contributed by atoms with Crippen molar-refractivity contribution in [2.75, 3.05) is 0 Å². The van der Waals surface area contributed by atoms with Crippen LogP contribution in [0.4, 0.5) is 4.39 Å². The average molecular weight is 249 g/mol. The molecule has 0 unspecified atom stereocenters. The van der Waals surface area contributed by atoms with Gasteiger partial charge in [0, 0.05) is 16.1 Å². The molecule has 0 bridgehead atoms. The number of benzene rings is 2. The van der Waals surface area contributed by atoms with Gasteiger partial charge in [-0.1, -0.05) is 11.6 Å². The van der Waals surface area contributed by atoms with Crippen LogP contribution >= 0.6 is 11.6 Å². The van der Waals surface area contributed by atoms with Gasteiger partial charge in [-0.3, -0.25) is 4.79 Å². The topological polar surface area (TPSA) is 17.1 Å². The van der Waals surface area contributed by atoms with Gasteiger partial charge in [-0.15, -0.1) is 0 Å². The first-order valence-corrected chi connectivity index (χ1v) is 5.52. The third kappa shape index (κ3) is 2.53. The highest BCUT2D eigenvalue weighted by molar-refractivity contribution is 6.31. The third-order valence-electron chi connectivity index (χ3n) is 2.53. The lowest BCUT2D eigenvalue weighted by Gasteiger charge is -2.03. The van der Waals surface area contributed by atoms with E-state index in [1.807, 2.05) is 6.92 Å². The van der Waals surface area contributed by atoms with Crippen LogP contribution in [0.3, 0.4) is 0 Å². The molecule has 86 valence electrons. The summed E-state index contributed by atoms with van der Waals surface area (Å²) in [4.78, 5) is 12.1. The molecular formula is C14H10ClFO. The molecule has 0 saturated carbocycles. The Balaban J connectivity index is 2.37. The van der Waals surface area contributed by atoms with Gasteiger partial charge in [0.15, 0.2) is 5.78 Å². The monoisotopic (exact) mass is 248 g/mol. The molecule has 0 fully saturated rings. The summed E-state index contributed by atoms with van der Waals surface area (Å²) in [5.74, 6) is -0.487. The smallest absolute Gasteiger partial charge is 0.193 e. The first-order valence-electron chi connectivity index (χ1n) is 5.14. The van der Waals surface area contributed by atoms with E-state index >= 15 is 0 Å². The Kier molecular flexibility index (Phi) is 3.25. The standard InChI is InChI=1S/C14H10ClFO/c1-9-8-11(4-7-13(9)15)14(17)10-2-5-12(16)6-3-10/h2-8H,1H3. The summed E-state index contributed by atoms with van der Waals surface area (Å²) in [5.41, 5.74) is 1.87. The van der Waals surface area contributed by atoms with Crippen LogP contribution in [-0.2, 0) is 0 Å². The minimum Gasteiger partial charge on any atom is -0.289 e. The van der Waals surface area contributed by atoms with Crippen LogP contribution < -0.4 is 0 Å². The van der Waals surface area contributed by atoms with Crippen LogP contribution in [0.25, 0.3) is 0 Å². The Labute approximate surface area is 104 Å². The van der Waals surface area contributed by atoms with E-state index in [1.54, 1.807) is 18.2 Å². The second kappa shape index (κ2) is 4.68. The van der Waals surface area contributed by atoms with Gasteiger partial charge in [-0.25, -0.2) is 4.39 Å². The molecule has 0 heterocycles. The van der Waals surface area contributed by atoms with Gasteiger partial charge in [-0.2, -0.15) is 0 Å². The van der Waals surface area contributed by atoms with Gasteiger partial charge in [0.05, 0.1) is 0 Å². The van der Waals surface area contributed by atoms with Crippen LogP contribution in [0.15, 0.2) is 42.5 Å². The molecule has 2 rings (SSSR count). The van der Waals surface area contributed by atoms with Crippen molar-refractivity contribution in [2.24, 2.45) is 0 Å². The van der Waals surface area contributed by atoms with E-state index < -0.39 is 0 Å². The van der Waals surface area contributed by atoms with E-state index in [9.17, 15) is 9.18 Å². The zero-order valence-electron chi connectivity index (χ0n) is 9.21. The largest absolute Gasteiger partial charge is 0.289 e. The molecule has 0 amide bonds. The number of rotatable bonds is 2. The summed E-state index contributed by atoms with van der Waals surface area (Å²) >= 11 is 5.89. The predicted octanol–water partition coefficient (Wildman–Crippen LogP) is 4.02. The van der Waals surface area contributed by atoms with Crippen molar-refractivity contribution in [1.29, 1.82) is 0 Å². The number of aryl methyl sites for hydroxylation is 1. The SMILES string of the molecule is Cc1cc(C(=O)c2ccc(F)cc2)ccc1Cl. The Morgan fingerprint density at radius 1 is 1.06 bits per heavy atom. The first-order chi connectivity index (χ1) is 8.08. The highest BCUT2D eigenvalue weighted by atomic mass is 35.5. The minimum atomic E-state index is -0.353. The van der Waals surface area contributed by atoms with Gasteiger partial charge in [0.1, 0.15) is 5.82 Å². The molecule has 0 aliphatic rings. The van der Waals surface area contributed by atoms with Crippen molar-refractivity contribution in [3.05, 3.63) is 70.0 Å². The fraction of sp³-hybridized carbons (Fsp3) is 0.0714. The molecule has 0 N–H and O–H groups in total. The summed E-state index contributed by atoms with van der Waals surface area (Å²) in [5, 5.41) is 0.626. The lowest BCUT2D eigenvalue weighted by Crippen LogP contribution is -2.01. The lowest BCUT2D eigenvalue weighted by atomic mass is 10.0. The average Bonchev–Trinajstić information content (AvgIpc) is 2.33. The van der Waals surface area contributed by atoms with Gasteiger partial charge in [0.25, 0.3) is 0 Å². The van der Waals surface area contributed by atoms with E-state index in [0.717, 1.165) is 5.56 Å². The molecule has 1 nitrogen and oxygen atoms in total. The minimum absolute atomic E-state index is 0.134. The summed E-state index contributed by atoms with van der Waals surface area (Å²) in [7, 11) is 0. The fourth-order valence-electron chi connectivity index (χ4n) is 1.55. The molecule has 0 aliphatic heterocycles. The summed E-state index contributed by atoms with van der Waals surface area (Å²) in [6.45, 7) is 1.84. The highest BCUT2D eigenvalue weighted by Gasteiger charge is 2.09. The molecule has 0 aliphatic carbocycles. The molecule has 0 atom stereocenters. The van der Waals surface area contributed by atoms with Gasteiger partial charge >= 0.3 is 0 Å². The first kappa shape index (κ1) is 11.8. The summed E-state index contributed by atoms with van der Waals surface area (Å²) in [6, 6.07) is 10.6. The Bertz CT molecular complexity index is 561. The maximum Gasteiger partial charge on any atom is 0.193 e. The number of hydrogen-bond donors (Lipinski definition) is 0. The van der Waals surface area contributed by atoms with E-state index in [1.165, 1.54) is 24.3 Å². The molecule has 0 spiro atoms. The van der Waals surface area contributed by atoms with Gasteiger partial charge in [0.2, 0.25) is 0 Å². The second-order valence-electron chi connectivity index (χ2n) is 3.80. The number of hydrogen-bond acceptors (Lipinski definition) is 1. The number of carbonyl (C=O) groups is 1. The van der Waals surface area contributed by atoms with Crippen LogP contribution in [0, 0.1) is 12.7 Å². The van der Waals surface area contributed by atoms with Gasteiger partial charge < -0.3 is 0 Å². The molecule has 2 aromatic rings. The van der Waals surface area contributed by atoms with E-state index in [4.69, 9.17) is 11.6 Å². The van der Waals surface area contributed by atoms with Crippen LogP contribution in [0.2, 0.25) is 5.02 Å². The maximum absolute atomic E-state index is 12.7. The van der Waals surface area contributed by atoms with E-state index in [-0.39, 0.29) is 11.6 Å². The van der Waals surface area contributed by atoms with Crippen LogP contribution in [0.5, 0.6) is 0 Å². The third-order valence-corrected chi connectivity index (χ3v) is 2.95.